The lowest BCUT2D eigenvalue weighted by atomic mass is 9.94. The van der Waals surface area contributed by atoms with E-state index in [1.54, 1.807) is 20.0 Å². The molecule has 1 aromatic heterocycles. The van der Waals surface area contributed by atoms with E-state index in [-0.39, 0.29) is 17.4 Å². The zero-order valence-corrected chi connectivity index (χ0v) is 16.0. The van der Waals surface area contributed by atoms with Gasteiger partial charge in [-0.3, -0.25) is 9.59 Å². The second-order valence-electron chi connectivity index (χ2n) is 7.55. The van der Waals surface area contributed by atoms with E-state index in [9.17, 15) is 14.4 Å². The smallest absolute Gasteiger partial charge is 0.349 e. The lowest BCUT2D eigenvalue weighted by molar-refractivity contribution is -0.121. The molecule has 144 valence electrons. The molecule has 26 heavy (non-hydrogen) atoms. The molecule has 0 aliphatic carbocycles. The van der Waals surface area contributed by atoms with Crippen molar-refractivity contribution >= 4 is 11.8 Å². The van der Waals surface area contributed by atoms with Crippen LogP contribution in [0, 0.1) is 6.92 Å². The monoisotopic (exact) mass is 363 g/mol. The zero-order valence-electron chi connectivity index (χ0n) is 16.0. The first-order valence-corrected chi connectivity index (χ1v) is 9.12. The number of piperidine rings is 1. The first kappa shape index (κ1) is 20.2. The Labute approximate surface area is 153 Å². The summed E-state index contributed by atoms with van der Waals surface area (Å²) in [7, 11) is 1.58. The van der Waals surface area contributed by atoms with Crippen LogP contribution in [0.25, 0.3) is 0 Å². The number of carbonyl (C=O) groups excluding carboxylic acids is 2. The number of nitrogens with one attached hydrogen (secondary N) is 3. The molecule has 2 amide bonds. The highest BCUT2D eigenvalue weighted by Gasteiger charge is 2.27. The van der Waals surface area contributed by atoms with Crippen molar-refractivity contribution in [1.82, 2.24) is 16.0 Å². The normalized spacial score (nSPS) is 17.6. The highest BCUT2D eigenvalue weighted by Crippen LogP contribution is 2.24. The van der Waals surface area contributed by atoms with E-state index in [0.29, 0.717) is 24.2 Å². The third-order valence-corrected chi connectivity index (χ3v) is 4.80. The van der Waals surface area contributed by atoms with Crippen molar-refractivity contribution in [2.24, 2.45) is 0 Å². The third-order valence-electron chi connectivity index (χ3n) is 4.80. The summed E-state index contributed by atoms with van der Waals surface area (Å²) in [5.41, 5.74) is -0.578. The second-order valence-corrected chi connectivity index (χ2v) is 7.55. The van der Waals surface area contributed by atoms with Gasteiger partial charge in [-0.05, 0) is 58.2 Å². The minimum atomic E-state index is -0.617. The van der Waals surface area contributed by atoms with E-state index in [1.807, 2.05) is 13.8 Å². The van der Waals surface area contributed by atoms with Gasteiger partial charge in [-0.15, -0.1) is 0 Å². The van der Waals surface area contributed by atoms with Crippen molar-refractivity contribution in [2.75, 3.05) is 20.1 Å². The number of amides is 2. The summed E-state index contributed by atoms with van der Waals surface area (Å²) in [5, 5.41) is 8.69. The van der Waals surface area contributed by atoms with Crippen molar-refractivity contribution in [3.63, 3.8) is 0 Å². The minimum absolute atomic E-state index is 0.0329. The number of aryl methyl sites for hydroxylation is 1. The van der Waals surface area contributed by atoms with Gasteiger partial charge in [0.2, 0.25) is 5.91 Å². The standard InChI is InChI=1S/C19H29N3O4/c1-12-10-14(13-6-5-9-21-11-13)26-18(25)16(12)17(24)22-19(2,3)8-7-15(23)20-4/h10,13,21H,5-9,11H2,1-4H3,(H,20,23)(H,22,24). The number of rotatable bonds is 6. The van der Waals surface area contributed by atoms with Crippen LogP contribution >= 0.6 is 0 Å². The molecule has 1 fully saturated rings. The Kier molecular flexibility index (Phi) is 6.58. The van der Waals surface area contributed by atoms with Gasteiger partial charge in [0.1, 0.15) is 11.3 Å². The summed E-state index contributed by atoms with van der Waals surface area (Å²) in [5.74, 6) is 0.242. The molecule has 1 saturated heterocycles. The summed E-state index contributed by atoms with van der Waals surface area (Å²) >= 11 is 0. The predicted octanol–water partition coefficient (Wildman–Crippen LogP) is 1.45. The van der Waals surface area contributed by atoms with Gasteiger partial charge in [0.15, 0.2) is 0 Å². The Morgan fingerprint density at radius 1 is 1.38 bits per heavy atom. The maximum Gasteiger partial charge on any atom is 0.349 e. The molecule has 1 aliphatic rings. The fourth-order valence-corrected chi connectivity index (χ4v) is 3.19. The quantitative estimate of drug-likeness (QED) is 0.710. The van der Waals surface area contributed by atoms with Crippen LogP contribution < -0.4 is 21.6 Å². The van der Waals surface area contributed by atoms with Crippen LogP contribution in [0.3, 0.4) is 0 Å². The van der Waals surface area contributed by atoms with Crippen molar-refractivity contribution < 1.29 is 14.0 Å². The predicted molar refractivity (Wildman–Crippen MR) is 99.4 cm³/mol. The maximum absolute atomic E-state index is 12.6. The van der Waals surface area contributed by atoms with Crippen LogP contribution in [0.1, 0.15) is 67.1 Å². The van der Waals surface area contributed by atoms with Gasteiger partial charge in [0, 0.05) is 31.5 Å². The molecule has 1 aliphatic heterocycles. The molecule has 7 heteroatoms. The van der Waals surface area contributed by atoms with Crippen LogP contribution in [0.15, 0.2) is 15.3 Å². The fourth-order valence-electron chi connectivity index (χ4n) is 3.19. The van der Waals surface area contributed by atoms with E-state index < -0.39 is 17.1 Å². The largest absolute Gasteiger partial charge is 0.427 e. The summed E-state index contributed by atoms with van der Waals surface area (Å²) in [4.78, 5) is 36.5. The van der Waals surface area contributed by atoms with Gasteiger partial charge in [0.25, 0.3) is 5.91 Å². The fraction of sp³-hybridized carbons (Fsp3) is 0.632. The molecular formula is C19H29N3O4. The molecule has 3 N–H and O–H groups in total. The molecule has 2 rings (SSSR count). The van der Waals surface area contributed by atoms with Crippen LogP contribution in [0.4, 0.5) is 0 Å². The average Bonchev–Trinajstić information content (AvgIpc) is 2.59. The molecule has 7 nitrogen and oxygen atoms in total. The van der Waals surface area contributed by atoms with E-state index in [4.69, 9.17) is 4.42 Å². The Morgan fingerprint density at radius 2 is 2.12 bits per heavy atom. The van der Waals surface area contributed by atoms with Gasteiger partial charge in [-0.25, -0.2) is 4.79 Å². The topological polar surface area (TPSA) is 100 Å². The number of carbonyl (C=O) groups is 2. The van der Waals surface area contributed by atoms with Crippen molar-refractivity contribution in [1.29, 1.82) is 0 Å². The highest BCUT2D eigenvalue weighted by atomic mass is 16.4. The van der Waals surface area contributed by atoms with Gasteiger partial charge in [-0.2, -0.15) is 0 Å². The van der Waals surface area contributed by atoms with E-state index in [0.717, 1.165) is 25.9 Å². The van der Waals surface area contributed by atoms with E-state index in [1.165, 1.54) is 0 Å². The van der Waals surface area contributed by atoms with Crippen molar-refractivity contribution in [3.8, 4) is 0 Å². The molecule has 2 heterocycles. The zero-order chi connectivity index (χ0) is 19.3. The molecule has 0 spiro atoms. The molecule has 0 bridgehead atoms. The molecular weight excluding hydrogens is 334 g/mol. The minimum Gasteiger partial charge on any atom is -0.427 e. The SMILES string of the molecule is CNC(=O)CCC(C)(C)NC(=O)c1c(C)cc(C2CCCNC2)oc1=O. The Hall–Kier alpha value is -2.15. The van der Waals surface area contributed by atoms with E-state index in [2.05, 4.69) is 16.0 Å². The maximum atomic E-state index is 12.6. The third kappa shape index (κ3) is 5.17. The Balaban J connectivity index is 2.13. The molecule has 1 aromatic rings. The molecule has 1 atom stereocenters. The van der Waals surface area contributed by atoms with Crippen LogP contribution in [0.5, 0.6) is 0 Å². The highest BCUT2D eigenvalue weighted by molar-refractivity contribution is 5.95. The molecule has 0 aromatic carbocycles. The van der Waals surface area contributed by atoms with Crippen LogP contribution in [-0.4, -0.2) is 37.5 Å². The lowest BCUT2D eigenvalue weighted by Crippen LogP contribution is -2.45. The van der Waals surface area contributed by atoms with Crippen molar-refractivity contribution in [2.45, 2.75) is 57.9 Å². The molecule has 0 radical (unpaired) electrons. The summed E-state index contributed by atoms with van der Waals surface area (Å²) in [6, 6.07) is 1.80. The summed E-state index contributed by atoms with van der Waals surface area (Å²) in [6.07, 6.45) is 2.77. The van der Waals surface area contributed by atoms with Gasteiger partial charge >= 0.3 is 5.63 Å². The lowest BCUT2D eigenvalue weighted by Gasteiger charge is -2.26. The Morgan fingerprint density at radius 3 is 2.69 bits per heavy atom. The van der Waals surface area contributed by atoms with Crippen LogP contribution in [0.2, 0.25) is 0 Å². The second kappa shape index (κ2) is 8.49. The van der Waals surface area contributed by atoms with Crippen molar-refractivity contribution in [3.05, 3.63) is 33.4 Å². The first-order valence-electron chi connectivity index (χ1n) is 9.12. The first-order chi connectivity index (χ1) is 12.2. The number of hydrogen-bond acceptors (Lipinski definition) is 5. The van der Waals surface area contributed by atoms with Gasteiger partial charge in [-0.1, -0.05) is 0 Å². The summed E-state index contributed by atoms with van der Waals surface area (Å²) in [6.45, 7) is 7.16. The average molecular weight is 363 g/mol. The van der Waals surface area contributed by atoms with Gasteiger partial charge in [0.05, 0.1) is 0 Å². The Bertz CT molecular complexity index is 718. The summed E-state index contributed by atoms with van der Waals surface area (Å²) < 4.78 is 5.46. The van der Waals surface area contributed by atoms with E-state index >= 15 is 0 Å². The van der Waals surface area contributed by atoms with Crippen LogP contribution in [-0.2, 0) is 4.79 Å². The molecule has 1 unspecified atom stereocenters. The van der Waals surface area contributed by atoms with Gasteiger partial charge < -0.3 is 20.4 Å². The number of hydrogen-bond donors (Lipinski definition) is 3. The molecule has 0 saturated carbocycles.